The Morgan fingerprint density at radius 3 is 2.50 bits per heavy atom. The Bertz CT molecular complexity index is 382. The zero-order chi connectivity index (χ0) is 12.3. The van der Waals surface area contributed by atoms with Gasteiger partial charge in [-0.3, -0.25) is 0 Å². The van der Waals surface area contributed by atoms with Crippen LogP contribution in [0.5, 0.6) is 0 Å². The molecule has 0 heterocycles. The van der Waals surface area contributed by atoms with Crippen molar-refractivity contribution in [2.45, 2.75) is 25.8 Å². The fraction of sp³-hybridized carbons (Fsp3) is 0.333. The molecule has 1 unspecified atom stereocenters. The van der Waals surface area contributed by atoms with Crippen LogP contribution in [0.3, 0.4) is 0 Å². The van der Waals surface area contributed by atoms with Crippen LogP contribution in [0.25, 0.3) is 5.57 Å². The first-order valence-corrected chi connectivity index (χ1v) is 10.4. The molecule has 0 aromatic heterocycles. The SMILES string of the molecule is C=C(C)c1cccc(C(C)C[Si](Cl)(Cl)Cl)c1. The van der Waals surface area contributed by atoms with E-state index in [4.69, 9.17) is 33.2 Å². The first-order valence-electron chi connectivity index (χ1n) is 5.12. The van der Waals surface area contributed by atoms with Crippen LogP contribution >= 0.6 is 33.2 Å². The first kappa shape index (κ1) is 14.1. The van der Waals surface area contributed by atoms with Gasteiger partial charge in [0.25, 0.3) is 0 Å². The number of hydrogen-bond acceptors (Lipinski definition) is 0. The van der Waals surface area contributed by atoms with Gasteiger partial charge >= 0.3 is 6.00 Å². The van der Waals surface area contributed by atoms with Gasteiger partial charge in [-0.15, -0.1) is 33.2 Å². The second-order valence-electron chi connectivity index (χ2n) is 4.13. The number of halogens is 3. The van der Waals surface area contributed by atoms with Crippen LogP contribution in [0, 0.1) is 0 Å². The van der Waals surface area contributed by atoms with Gasteiger partial charge in [0.05, 0.1) is 0 Å². The highest BCUT2D eigenvalue weighted by molar-refractivity contribution is 7.64. The number of hydrogen-bond donors (Lipinski definition) is 0. The molecule has 1 atom stereocenters. The second kappa shape index (κ2) is 5.59. The van der Waals surface area contributed by atoms with E-state index in [2.05, 4.69) is 25.6 Å². The monoisotopic (exact) mass is 292 g/mol. The van der Waals surface area contributed by atoms with Gasteiger partial charge in [-0.1, -0.05) is 43.3 Å². The minimum Gasteiger partial charge on any atom is -0.126 e. The summed E-state index contributed by atoms with van der Waals surface area (Å²) in [6, 6.07) is 6.36. The number of allylic oxidation sites excluding steroid dienone is 1. The van der Waals surface area contributed by atoms with Crippen molar-refractivity contribution in [2.75, 3.05) is 0 Å². The van der Waals surface area contributed by atoms with Crippen LogP contribution in [-0.4, -0.2) is 6.00 Å². The molecule has 0 nitrogen and oxygen atoms in total. The lowest BCUT2D eigenvalue weighted by Gasteiger charge is -2.16. The van der Waals surface area contributed by atoms with E-state index in [1.54, 1.807) is 0 Å². The zero-order valence-electron chi connectivity index (χ0n) is 9.43. The van der Waals surface area contributed by atoms with Crippen LogP contribution in [0.15, 0.2) is 30.8 Å². The Hall–Kier alpha value is 0.0469. The molecule has 0 saturated carbocycles. The standard InChI is InChI=1S/C12H15Cl3Si/c1-9(2)11-5-4-6-12(7-11)10(3)8-16(13,14)15/h4-7,10H,1,8H2,2-3H3. The van der Waals surface area contributed by atoms with Gasteiger partial charge in [-0.25, -0.2) is 0 Å². The third kappa shape index (κ3) is 4.50. The predicted molar refractivity (Wildman–Crippen MR) is 77.7 cm³/mol. The summed E-state index contributed by atoms with van der Waals surface area (Å²) in [5.74, 6) is 0.276. The Morgan fingerprint density at radius 2 is 2.00 bits per heavy atom. The summed E-state index contributed by atoms with van der Waals surface area (Å²) in [7, 11) is 0. The highest BCUT2D eigenvalue weighted by Gasteiger charge is 2.28. The maximum Gasteiger partial charge on any atom is 0.342 e. The van der Waals surface area contributed by atoms with Crippen molar-refractivity contribution in [1.82, 2.24) is 0 Å². The summed E-state index contributed by atoms with van der Waals surface area (Å²) in [4.78, 5) is 0. The highest BCUT2D eigenvalue weighted by Crippen LogP contribution is 2.34. The van der Waals surface area contributed by atoms with Crippen molar-refractivity contribution in [3.8, 4) is 0 Å². The van der Waals surface area contributed by atoms with E-state index in [1.807, 2.05) is 19.1 Å². The van der Waals surface area contributed by atoms with Crippen LogP contribution in [0.4, 0.5) is 0 Å². The Morgan fingerprint density at radius 1 is 1.38 bits per heavy atom. The molecule has 0 aliphatic carbocycles. The van der Waals surface area contributed by atoms with Gasteiger partial charge in [0.2, 0.25) is 0 Å². The van der Waals surface area contributed by atoms with Crippen molar-refractivity contribution >= 4 is 44.8 Å². The van der Waals surface area contributed by atoms with E-state index in [0.717, 1.165) is 11.1 Å². The molecule has 0 spiro atoms. The average molecular weight is 294 g/mol. The minimum absolute atomic E-state index is 0.276. The quantitative estimate of drug-likeness (QED) is 0.509. The van der Waals surface area contributed by atoms with Crippen molar-refractivity contribution in [2.24, 2.45) is 0 Å². The Kier molecular flexibility index (Phi) is 4.93. The average Bonchev–Trinajstić information content (AvgIpc) is 2.15. The number of benzene rings is 1. The predicted octanol–water partition coefficient (Wildman–Crippen LogP) is 5.48. The molecule has 0 radical (unpaired) electrons. The third-order valence-corrected chi connectivity index (χ3v) is 4.95. The molecule has 4 heteroatoms. The van der Waals surface area contributed by atoms with Crippen LogP contribution in [0.2, 0.25) is 6.04 Å². The van der Waals surface area contributed by atoms with Gasteiger partial charge in [0.15, 0.2) is 0 Å². The third-order valence-electron chi connectivity index (χ3n) is 2.49. The Balaban J connectivity index is 2.87. The van der Waals surface area contributed by atoms with Gasteiger partial charge in [0.1, 0.15) is 0 Å². The molecular weight excluding hydrogens is 279 g/mol. The Labute approximate surface area is 112 Å². The summed E-state index contributed by atoms with van der Waals surface area (Å²) in [6.07, 6.45) is 0. The topological polar surface area (TPSA) is 0 Å². The van der Waals surface area contributed by atoms with Crippen molar-refractivity contribution in [1.29, 1.82) is 0 Å². The molecule has 1 aromatic carbocycles. The maximum absolute atomic E-state index is 5.93. The maximum atomic E-state index is 5.93. The molecular formula is C12H15Cl3Si. The molecule has 0 bridgehead atoms. The normalized spacial score (nSPS) is 13.6. The lowest BCUT2D eigenvalue weighted by molar-refractivity contribution is 0.858. The summed E-state index contributed by atoms with van der Waals surface area (Å²) in [5.41, 5.74) is 3.41. The molecule has 1 rings (SSSR count). The van der Waals surface area contributed by atoms with Gasteiger partial charge < -0.3 is 0 Å². The molecule has 0 amide bonds. The second-order valence-corrected chi connectivity index (χ2v) is 13.3. The molecule has 0 aliphatic rings. The lowest BCUT2D eigenvalue weighted by atomic mass is 9.98. The fourth-order valence-electron chi connectivity index (χ4n) is 1.58. The fourth-order valence-corrected chi connectivity index (χ4v) is 4.59. The van der Waals surface area contributed by atoms with E-state index >= 15 is 0 Å². The van der Waals surface area contributed by atoms with E-state index in [-0.39, 0.29) is 5.92 Å². The largest absolute Gasteiger partial charge is 0.342 e. The smallest absolute Gasteiger partial charge is 0.126 e. The molecule has 0 fully saturated rings. The van der Waals surface area contributed by atoms with E-state index in [9.17, 15) is 0 Å². The molecule has 88 valence electrons. The van der Waals surface area contributed by atoms with Crippen molar-refractivity contribution < 1.29 is 0 Å². The van der Waals surface area contributed by atoms with E-state index in [1.165, 1.54) is 5.56 Å². The molecule has 1 aromatic rings. The summed E-state index contributed by atoms with van der Waals surface area (Å²) < 4.78 is 0. The molecule has 0 aliphatic heterocycles. The van der Waals surface area contributed by atoms with E-state index < -0.39 is 6.00 Å². The van der Waals surface area contributed by atoms with Gasteiger partial charge in [-0.05, 0) is 30.0 Å². The minimum atomic E-state index is -2.55. The molecule has 0 saturated heterocycles. The van der Waals surface area contributed by atoms with Crippen LogP contribution in [-0.2, 0) is 0 Å². The van der Waals surface area contributed by atoms with Gasteiger partial charge in [-0.2, -0.15) is 0 Å². The summed E-state index contributed by atoms with van der Waals surface area (Å²) >= 11 is 17.8. The summed E-state index contributed by atoms with van der Waals surface area (Å²) in [6.45, 7) is 8.01. The molecule has 0 N–H and O–H groups in total. The molecule has 16 heavy (non-hydrogen) atoms. The lowest BCUT2D eigenvalue weighted by Crippen LogP contribution is -2.13. The highest BCUT2D eigenvalue weighted by atomic mass is 35.8. The van der Waals surface area contributed by atoms with Crippen molar-refractivity contribution in [3.63, 3.8) is 0 Å². The van der Waals surface area contributed by atoms with Crippen LogP contribution < -0.4 is 0 Å². The van der Waals surface area contributed by atoms with E-state index in [0.29, 0.717) is 6.04 Å². The number of rotatable bonds is 4. The van der Waals surface area contributed by atoms with Gasteiger partial charge in [0, 0.05) is 0 Å². The zero-order valence-corrected chi connectivity index (χ0v) is 12.7. The first-order chi connectivity index (χ1) is 7.29. The summed E-state index contributed by atoms with van der Waals surface area (Å²) in [5, 5.41) is 0. The van der Waals surface area contributed by atoms with Crippen LogP contribution in [0.1, 0.15) is 30.9 Å². The van der Waals surface area contributed by atoms with Crippen molar-refractivity contribution in [3.05, 3.63) is 42.0 Å².